The zero-order valence-electron chi connectivity index (χ0n) is 12.6. The van der Waals surface area contributed by atoms with Gasteiger partial charge in [-0.3, -0.25) is 9.78 Å². The van der Waals surface area contributed by atoms with Gasteiger partial charge in [-0.05, 0) is 42.0 Å². The minimum Gasteiger partial charge on any atom is -0.395 e. The number of aliphatic hydroxyl groups is 1. The van der Waals surface area contributed by atoms with E-state index in [9.17, 15) is 9.90 Å². The van der Waals surface area contributed by atoms with Crippen molar-refractivity contribution in [1.29, 1.82) is 0 Å². The van der Waals surface area contributed by atoms with Gasteiger partial charge < -0.3 is 10.0 Å². The van der Waals surface area contributed by atoms with E-state index in [2.05, 4.69) is 23.4 Å². The van der Waals surface area contributed by atoms with Crippen LogP contribution in [0.4, 0.5) is 0 Å². The third-order valence-electron chi connectivity index (χ3n) is 4.12. The van der Waals surface area contributed by atoms with Crippen molar-refractivity contribution < 1.29 is 9.90 Å². The molecule has 2 aromatic heterocycles. The van der Waals surface area contributed by atoms with Crippen LogP contribution in [-0.2, 0) is 11.3 Å². The van der Waals surface area contributed by atoms with Crippen LogP contribution in [0.5, 0.6) is 0 Å². The molecule has 0 bridgehead atoms. The molecule has 1 aliphatic rings. The summed E-state index contributed by atoms with van der Waals surface area (Å²) in [6.07, 6.45) is 4.42. The first kappa shape index (κ1) is 15.2. The minimum atomic E-state index is -0.0125. The standard InChI is InChI=1S/C17H20N2O2S/c1-12-4-8-22-16(12)14-9-15(14)17(21)19(6-7-20)11-13-3-2-5-18-10-13/h2-5,8,10,14-15,20H,6-7,9,11H2,1H3/t14-,15+/m1/s1. The largest absolute Gasteiger partial charge is 0.395 e. The molecule has 2 atom stereocenters. The smallest absolute Gasteiger partial charge is 0.226 e. The van der Waals surface area contributed by atoms with Crippen LogP contribution in [0.2, 0.25) is 0 Å². The molecule has 116 valence electrons. The number of carbonyl (C=O) groups excluding carboxylic acids is 1. The van der Waals surface area contributed by atoms with E-state index in [-0.39, 0.29) is 18.4 Å². The van der Waals surface area contributed by atoms with Crippen molar-refractivity contribution >= 4 is 17.2 Å². The summed E-state index contributed by atoms with van der Waals surface area (Å²) in [4.78, 5) is 19.9. The van der Waals surface area contributed by atoms with Gasteiger partial charge >= 0.3 is 0 Å². The van der Waals surface area contributed by atoms with Crippen molar-refractivity contribution in [3.05, 3.63) is 52.0 Å². The second-order valence-corrected chi connectivity index (χ2v) is 6.71. The molecule has 1 aliphatic carbocycles. The molecule has 1 fully saturated rings. The summed E-state index contributed by atoms with van der Waals surface area (Å²) < 4.78 is 0. The fraction of sp³-hybridized carbons (Fsp3) is 0.412. The number of aliphatic hydroxyl groups excluding tert-OH is 1. The van der Waals surface area contributed by atoms with Crippen molar-refractivity contribution in [3.63, 3.8) is 0 Å². The molecule has 2 aromatic rings. The highest BCUT2D eigenvalue weighted by atomic mass is 32.1. The summed E-state index contributed by atoms with van der Waals surface area (Å²) in [5.41, 5.74) is 2.28. The number of hydrogen-bond acceptors (Lipinski definition) is 4. The zero-order chi connectivity index (χ0) is 15.5. The van der Waals surface area contributed by atoms with E-state index in [0.717, 1.165) is 12.0 Å². The number of aromatic nitrogens is 1. The van der Waals surface area contributed by atoms with Crippen LogP contribution >= 0.6 is 11.3 Å². The van der Waals surface area contributed by atoms with E-state index in [1.54, 1.807) is 28.6 Å². The summed E-state index contributed by atoms with van der Waals surface area (Å²) in [6, 6.07) is 5.94. The molecule has 3 rings (SSSR count). The SMILES string of the molecule is Cc1ccsc1[C@@H]1C[C@@H]1C(=O)N(CCO)Cc1cccnc1. The molecule has 0 aliphatic heterocycles. The van der Waals surface area contributed by atoms with Crippen LogP contribution in [0.3, 0.4) is 0 Å². The van der Waals surface area contributed by atoms with Gasteiger partial charge in [0, 0.05) is 42.2 Å². The molecule has 22 heavy (non-hydrogen) atoms. The third kappa shape index (κ3) is 3.20. The average Bonchev–Trinajstić information content (AvgIpc) is 3.21. The lowest BCUT2D eigenvalue weighted by Gasteiger charge is -2.22. The lowest BCUT2D eigenvalue weighted by atomic mass is 10.1. The van der Waals surface area contributed by atoms with E-state index in [1.807, 2.05) is 12.1 Å². The Balaban J connectivity index is 1.68. The van der Waals surface area contributed by atoms with Gasteiger partial charge in [0.1, 0.15) is 0 Å². The van der Waals surface area contributed by atoms with Crippen molar-refractivity contribution in [2.24, 2.45) is 5.92 Å². The molecule has 1 N–H and O–H groups in total. The van der Waals surface area contributed by atoms with Crippen molar-refractivity contribution in [3.8, 4) is 0 Å². The van der Waals surface area contributed by atoms with Crippen LogP contribution in [0.1, 0.15) is 28.3 Å². The predicted octanol–water partition coefficient (Wildman–Crippen LogP) is 2.58. The third-order valence-corrected chi connectivity index (χ3v) is 5.27. The molecular formula is C17H20N2O2S. The van der Waals surface area contributed by atoms with Gasteiger partial charge in [0.25, 0.3) is 0 Å². The quantitative estimate of drug-likeness (QED) is 0.891. The van der Waals surface area contributed by atoms with Crippen molar-refractivity contribution in [2.75, 3.05) is 13.2 Å². The predicted molar refractivity (Wildman–Crippen MR) is 86.6 cm³/mol. The van der Waals surface area contributed by atoms with Gasteiger partial charge in [0.2, 0.25) is 5.91 Å². The first-order valence-corrected chi connectivity index (χ1v) is 8.41. The Hall–Kier alpha value is -1.72. The number of hydrogen-bond donors (Lipinski definition) is 1. The summed E-state index contributed by atoms with van der Waals surface area (Å²) in [5, 5.41) is 11.3. The van der Waals surface area contributed by atoms with Crippen molar-refractivity contribution in [2.45, 2.75) is 25.8 Å². The second kappa shape index (κ2) is 6.58. The highest BCUT2D eigenvalue weighted by Gasteiger charge is 2.46. The Morgan fingerprint density at radius 1 is 1.50 bits per heavy atom. The zero-order valence-corrected chi connectivity index (χ0v) is 13.4. The molecule has 4 nitrogen and oxygen atoms in total. The molecule has 1 amide bonds. The Kier molecular flexibility index (Phi) is 4.55. The fourth-order valence-corrected chi connectivity index (χ4v) is 3.96. The minimum absolute atomic E-state index is 0.0125. The summed E-state index contributed by atoms with van der Waals surface area (Å²) in [6.45, 7) is 2.98. The lowest BCUT2D eigenvalue weighted by molar-refractivity contribution is -0.133. The first-order valence-electron chi connectivity index (χ1n) is 7.53. The normalized spacial score (nSPS) is 19.9. The van der Waals surface area contributed by atoms with Gasteiger partial charge in [0.05, 0.1) is 6.61 Å². The molecule has 0 unspecified atom stereocenters. The topological polar surface area (TPSA) is 53.4 Å². The Morgan fingerprint density at radius 3 is 3.00 bits per heavy atom. The highest BCUT2D eigenvalue weighted by molar-refractivity contribution is 7.10. The molecule has 0 spiro atoms. The maximum absolute atomic E-state index is 12.7. The van der Waals surface area contributed by atoms with Crippen LogP contribution in [0.15, 0.2) is 36.0 Å². The Bertz CT molecular complexity index is 641. The molecule has 0 aromatic carbocycles. The van der Waals surface area contributed by atoms with E-state index in [1.165, 1.54) is 10.4 Å². The van der Waals surface area contributed by atoms with Crippen LogP contribution in [-0.4, -0.2) is 34.0 Å². The molecular weight excluding hydrogens is 296 g/mol. The number of carbonyl (C=O) groups is 1. The molecule has 0 radical (unpaired) electrons. The number of rotatable bonds is 6. The second-order valence-electron chi connectivity index (χ2n) is 5.76. The number of amides is 1. The average molecular weight is 316 g/mol. The fourth-order valence-electron chi connectivity index (χ4n) is 2.86. The Morgan fingerprint density at radius 2 is 2.36 bits per heavy atom. The number of aryl methyl sites for hydroxylation is 1. The van der Waals surface area contributed by atoms with Crippen LogP contribution < -0.4 is 0 Å². The van der Waals surface area contributed by atoms with Crippen molar-refractivity contribution in [1.82, 2.24) is 9.88 Å². The first-order chi connectivity index (χ1) is 10.7. The number of pyridine rings is 1. The van der Waals surface area contributed by atoms with E-state index < -0.39 is 0 Å². The number of nitrogens with zero attached hydrogens (tertiary/aromatic N) is 2. The molecule has 1 saturated carbocycles. The van der Waals surface area contributed by atoms with Gasteiger partial charge in [-0.15, -0.1) is 11.3 Å². The van der Waals surface area contributed by atoms with E-state index in [4.69, 9.17) is 0 Å². The van der Waals surface area contributed by atoms with Gasteiger partial charge in [-0.2, -0.15) is 0 Å². The summed E-state index contributed by atoms with van der Waals surface area (Å²) >= 11 is 1.74. The van der Waals surface area contributed by atoms with Crippen LogP contribution in [0.25, 0.3) is 0 Å². The van der Waals surface area contributed by atoms with Gasteiger partial charge in [-0.25, -0.2) is 0 Å². The summed E-state index contributed by atoms with van der Waals surface area (Å²) in [7, 11) is 0. The summed E-state index contributed by atoms with van der Waals surface area (Å²) in [5.74, 6) is 0.582. The molecule has 2 heterocycles. The maximum atomic E-state index is 12.7. The maximum Gasteiger partial charge on any atom is 0.226 e. The van der Waals surface area contributed by atoms with Gasteiger partial charge in [0.15, 0.2) is 0 Å². The molecule has 0 saturated heterocycles. The molecule has 5 heteroatoms. The van der Waals surface area contributed by atoms with E-state index in [0.29, 0.717) is 19.0 Å². The highest BCUT2D eigenvalue weighted by Crippen LogP contribution is 2.51. The van der Waals surface area contributed by atoms with Gasteiger partial charge in [-0.1, -0.05) is 6.07 Å². The number of thiophene rings is 1. The van der Waals surface area contributed by atoms with Crippen LogP contribution in [0, 0.1) is 12.8 Å². The van der Waals surface area contributed by atoms with E-state index >= 15 is 0 Å². The lowest BCUT2D eigenvalue weighted by Crippen LogP contribution is -2.34. The Labute approximate surface area is 134 Å². The monoisotopic (exact) mass is 316 g/mol.